The summed E-state index contributed by atoms with van der Waals surface area (Å²) in [7, 11) is 0. The van der Waals surface area contributed by atoms with Crippen LogP contribution in [0.1, 0.15) is 19.3 Å². The van der Waals surface area contributed by atoms with Crippen molar-refractivity contribution in [2.24, 2.45) is 17.6 Å². The fraction of sp³-hybridized carbons (Fsp3) is 0.909. The molecule has 0 aromatic rings. The molecular formula is C11H20N2OS. The lowest BCUT2D eigenvalue weighted by Gasteiger charge is -2.27. The van der Waals surface area contributed by atoms with Crippen LogP contribution in [0, 0.1) is 11.8 Å². The second-order valence-corrected chi connectivity index (χ2v) is 5.69. The molecule has 15 heavy (non-hydrogen) atoms. The Morgan fingerprint density at radius 3 is 2.87 bits per heavy atom. The van der Waals surface area contributed by atoms with Crippen molar-refractivity contribution < 1.29 is 4.79 Å². The topological polar surface area (TPSA) is 46.3 Å². The quantitative estimate of drug-likeness (QED) is 0.765. The van der Waals surface area contributed by atoms with Gasteiger partial charge in [-0.1, -0.05) is 0 Å². The largest absolute Gasteiger partial charge is 0.341 e. The van der Waals surface area contributed by atoms with Crippen molar-refractivity contribution in [1.29, 1.82) is 0 Å². The van der Waals surface area contributed by atoms with Gasteiger partial charge in [-0.25, -0.2) is 0 Å². The molecule has 1 aliphatic carbocycles. The molecule has 0 radical (unpaired) electrons. The zero-order chi connectivity index (χ0) is 10.8. The summed E-state index contributed by atoms with van der Waals surface area (Å²) in [6, 6.07) is 0.377. The van der Waals surface area contributed by atoms with Gasteiger partial charge in [-0.3, -0.25) is 4.79 Å². The van der Waals surface area contributed by atoms with Crippen molar-refractivity contribution in [2.75, 3.05) is 25.1 Å². The minimum absolute atomic E-state index is 0.311. The molecule has 0 spiro atoms. The number of rotatable bonds is 2. The number of nitrogens with two attached hydrogens (primary N) is 1. The molecule has 3 nitrogen and oxygen atoms in total. The molecular weight excluding hydrogens is 208 g/mol. The van der Waals surface area contributed by atoms with Gasteiger partial charge in [0.05, 0.1) is 5.75 Å². The molecule has 2 fully saturated rings. The summed E-state index contributed by atoms with van der Waals surface area (Å²) in [5.74, 6) is 2.35. The van der Waals surface area contributed by atoms with Crippen molar-refractivity contribution in [1.82, 2.24) is 4.90 Å². The van der Waals surface area contributed by atoms with Crippen LogP contribution in [-0.2, 0) is 4.79 Å². The number of carbonyl (C=O) groups excluding carboxylic acids is 1. The van der Waals surface area contributed by atoms with Crippen molar-refractivity contribution >= 4 is 17.7 Å². The van der Waals surface area contributed by atoms with E-state index in [2.05, 4.69) is 0 Å². The highest BCUT2D eigenvalue weighted by Gasteiger charge is 2.38. The Bertz CT molecular complexity index is 247. The van der Waals surface area contributed by atoms with E-state index in [1.165, 1.54) is 6.42 Å². The van der Waals surface area contributed by atoms with E-state index in [9.17, 15) is 4.79 Å². The van der Waals surface area contributed by atoms with E-state index in [0.717, 1.165) is 31.8 Å². The molecule has 2 rings (SSSR count). The first-order valence-corrected chi connectivity index (χ1v) is 7.12. The van der Waals surface area contributed by atoms with Crippen LogP contribution in [0.15, 0.2) is 0 Å². The highest BCUT2D eigenvalue weighted by atomic mass is 32.2. The summed E-state index contributed by atoms with van der Waals surface area (Å²) in [6.45, 7) is 1.94. The molecule has 1 amide bonds. The molecule has 86 valence electrons. The van der Waals surface area contributed by atoms with Gasteiger partial charge < -0.3 is 10.6 Å². The van der Waals surface area contributed by atoms with Gasteiger partial charge in [0.25, 0.3) is 0 Å². The second kappa shape index (κ2) is 4.74. The Kier molecular flexibility index (Phi) is 3.57. The zero-order valence-electron chi connectivity index (χ0n) is 9.32. The first-order chi connectivity index (χ1) is 7.20. The van der Waals surface area contributed by atoms with E-state index >= 15 is 0 Å². The molecule has 3 atom stereocenters. The van der Waals surface area contributed by atoms with Crippen LogP contribution in [-0.4, -0.2) is 41.9 Å². The fourth-order valence-electron chi connectivity index (χ4n) is 2.89. The summed E-state index contributed by atoms with van der Waals surface area (Å²) < 4.78 is 0. The SMILES string of the molecule is CSCC(=O)N1C[C@H]2CCC(N)C[C@H]2C1. The van der Waals surface area contributed by atoms with Crippen molar-refractivity contribution in [3.05, 3.63) is 0 Å². The molecule has 0 bridgehead atoms. The Balaban J connectivity index is 1.90. The molecule has 1 aliphatic heterocycles. The molecule has 1 heterocycles. The number of thioether (sulfide) groups is 1. The third-order valence-corrected chi connectivity index (χ3v) is 4.25. The Hall–Kier alpha value is -0.220. The van der Waals surface area contributed by atoms with Crippen molar-refractivity contribution in [3.8, 4) is 0 Å². The van der Waals surface area contributed by atoms with Crippen molar-refractivity contribution in [3.63, 3.8) is 0 Å². The standard InChI is InChI=1S/C11H20N2OS/c1-15-7-11(14)13-5-8-2-3-10(12)4-9(8)6-13/h8-10H,2-7,12H2,1H3/t8-,9+,10?/m1/s1. The van der Waals surface area contributed by atoms with Crippen LogP contribution in [0.3, 0.4) is 0 Å². The first-order valence-electron chi connectivity index (χ1n) is 5.73. The van der Waals surface area contributed by atoms with Crippen LogP contribution >= 0.6 is 11.8 Å². The smallest absolute Gasteiger partial charge is 0.232 e. The first kappa shape index (κ1) is 11.3. The van der Waals surface area contributed by atoms with Crippen LogP contribution in [0.2, 0.25) is 0 Å². The maximum atomic E-state index is 11.7. The van der Waals surface area contributed by atoms with Gasteiger partial charge in [0.15, 0.2) is 0 Å². The number of carbonyl (C=O) groups is 1. The van der Waals surface area contributed by atoms with Gasteiger partial charge in [0, 0.05) is 19.1 Å². The minimum atomic E-state index is 0.311. The third-order valence-electron chi connectivity index (χ3n) is 3.71. The van der Waals surface area contributed by atoms with Crippen LogP contribution in [0.25, 0.3) is 0 Å². The molecule has 4 heteroatoms. The third kappa shape index (κ3) is 2.48. The highest BCUT2D eigenvalue weighted by Crippen LogP contribution is 2.35. The number of nitrogens with zero attached hydrogens (tertiary/aromatic N) is 1. The van der Waals surface area contributed by atoms with E-state index in [1.54, 1.807) is 11.8 Å². The summed E-state index contributed by atoms with van der Waals surface area (Å²) in [5, 5.41) is 0. The van der Waals surface area contributed by atoms with Crippen molar-refractivity contribution in [2.45, 2.75) is 25.3 Å². The molecule has 1 unspecified atom stereocenters. The van der Waals surface area contributed by atoms with Gasteiger partial charge in [0.2, 0.25) is 5.91 Å². The number of hydrogen-bond acceptors (Lipinski definition) is 3. The Morgan fingerprint density at radius 2 is 2.13 bits per heavy atom. The number of fused-ring (bicyclic) bond motifs is 1. The second-order valence-electron chi connectivity index (χ2n) is 4.83. The normalized spacial score (nSPS) is 35.3. The lowest BCUT2D eigenvalue weighted by molar-refractivity contribution is -0.127. The van der Waals surface area contributed by atoms with Gasteiger partial charge >= 0.3 is 0 Å². The number of amides is 1. The molecule has 0 aromatic heterocycles. The van der Waals surface area contributed by atoms with Crippen LogP contribution in [0.5, 0.6) is 0 Å². The molecule has 2 aliphatic rings. The van der Waals surface area contributed by atoms with Crippen LogP contribution in [0.4, 0.5) is 0 Å². The van der Waals surface area contributed by atoms with Gasteiger partial charge in [-0.15, -0.1) is 0 Å². The average molecular weight is 228 g/mol. The summed E-state index contributed by atoms with van der Waals surface area (Å²) in [6.07, 6.45) is 5.46. The zero-order valence-corrected chi connectivity index (χ0v) is 10.1. The average Bonchev–Trinajstić information content (AvgIpc) is 2.60. The van der Waals surface area contributed by atoms with E-state index < -0.39 is 0 Å². The predicted octanol–water partition coefficient (Wildman–Crippen LogP) is 0.935. The van der Waals surface area contributed by atoms with E-state index in [4.69, 9.17) is 5.73 Å². The van der Waals surface area contributed by atoms with Gasteiger partial charge in [0.1, 0.15) is 0 Å². The maximum Gasteiger partial charge on any atom is 0.232 e. The number of hydrogen-bond donors (Lipinski definition) is 1. The Labute approximate surface area is 95.8 Å². The van der Waals surface area contributed by atoms with Gasteiger partial charge in [-0.2, -0.15) is 11.8 Å². The monoisotopic (exact) mass is 228 g/mol. The number of likely N-dealkylation sites (tertiary alicyclic amines) is 1. The van der Waals surface area contributed by atoms with E-state index in [-0.39, 0.29) is 0 Å². The molecule has 2 N–H and O–H groups in total. The summed E-state index contributed by atoms with van der Waals surface area (Å²) in [5.41, 5.74) is 5.96. The van der Waals surface area contributed by atoms with Crippen LogP contribution < -0.4 is 5.73 Å². The Morgan fingerprint density at radius 1 is 1.40 bits per heavy atom. The molecule has 1 saturated heterocycles. The van der Waals surface area contributed by atoms with E-state index in [0.29, 0.717) is 23.6 Å². The van der Waals surface area contributed by atoms with Gasteiger partial charge in [-0.05, 0) is 37.4 Å². The maximum absolute atomic E-state index is 11.7. The molecule has 0 aromatic carbocycles. The fourth-order valence-corrected chi connectivity index (χ4v) is 3.32. The summed E-state index contributed by atoms with van der Waals surface area (Å²) in [4.78, 5) is 13.8. The minimum Gasteiger partial charge on any atom is -0.341 e. The lowest BCUT2D eigenvalue weighted by Crippen LogP contribution is -2.32. The summed E-state index contributed by atoms with van der Waals surface area (Å²) >= 11 is 1.61. The highest BCUT2D eigenvalue weighted by molar-refractivity contribution is 7.99. The molecule has 1 saturated carbocycles. The van der Waals surface area contributed by atoms with E-state index in [1.807, 2.05) is 11.2 Å². The lowest BCUT2D eigenvalue weighted by atomic mass is 9.79. The predicted molar refractivity (Wildman–Crippen MR) is 63.8 cm³/mol.